The van der Waals surface area contributed by atoms with Crippen LogP contribution in [0.3, 0.4) is 0 Å². The van der Waals surface area contributed by atoms with Crippen molar-refractivity contribution >= 4 is 11.8 Å². The highest BCUT2D eigenvalue weighted by Crippen LogP contribution is 2.36. The van der Waals surface area contributed by atoms with Gasteiger partial charge in [0.25, 0.3) is 0 Å². The van der Waals surface area contributed by atoms with Gasteiger partial charge in [0.15, 0.2) is 0 Å². The van der Waals surface area contributed by atoms with Gasteiger partial charge < -0.3 is 4.42 Å². The molecule has 3 nitrogen and oxygen atoms in total. The molecule has 106 valence electrons. The summed E-state index contributed by atoms with van der Waals surface area (Å²) in [4.78, 5) is 0.574. The van der Waals surface area contributed by atoms with Crippen LogP contribution in [0.5, 0.6) is 0 Å². The Kier molecular flexibility index (Phi) is 4.01. The number of benzene rings is 2. The van der Waals surface area contributed by atoms with E-state index in [-0.39, 0.29) is 11.1 Å². The highest BCUT2D eigenvalue weighted by atomic mass is 32.2. The normalized spacial score (nSPS) is 12.3. The average Bonchev–Trinajstić information content (AvgIpc) is 3.00. The van der Waals surface area contributed by atoms with Gasteiger partial charge in [-0.1, -0.05) is 30.3 Å². The molecule has 21 heavy (non-hydrogen) atoms. The van der Waals surface area contributed by atoms with Crippen molar-refractivity contribution in [3.63, 3.8) is 0 Å². The summed E-state index contributed by atoms with van der Waals surface area (Å²) >= 11 is 1.36. The highest BCUT2D eigenvalue weighted by Gasteiger charge is 2.17. The molecule has 0 N–H and O–H groups in total. The number of rotatable bonds is 4. The summed E-state index contributed by atoms with van der Waals surface area (Å²) in [6, 6.07) is 16.2. The number of aromatic nitrogens is 2. The molecule has 3 aromatic rings. The lowest BCUT2D eigenvalue weighted by molar-refractivity contribution is 0.509. The van der Waals surface area contributed by atoms with E-state index in [9.17, 15) is 4.39 Å². The van der Waals surface area contributed by atoms with Crippen LogP contribution in [0.25, 0.3) is 11.5 Å². The lowest BCUT2D eigenvalue weighted by atomic mass is 10.2. The van der Waals surface area contributed by atoms with Gasteiger partial charge in [0.1, 0.15) is 5.82 Å². The highest BCUT2D eigenvalue weighted by molar-refractivity contribution is 7.99. The second kappa shape index (κ2) is 6.10. The van der Waals surface area contributed by atoms with E-state index >= 15 is 0 Å². The third-order valence-corrected chi connectivity index (χ3v) is 4.09. The number of thioether (sulfide) groups is 1. The first-order valence-corrected chi connectivity index (χ1v) is 7.42. The van der Waals surface area contributed by atoms with Gasteiger partial charge in [0.2, 0.25) is 11.8 Å². The lowest BCUT2D eigenvalue weighted by Gasteiger charge is -2.07. The van der Waals surface area contributed by atoms with Gasteiger partial charge in [-0.3, -0.25) is 0 Å². The van der Waals surface area contributed by atoms with Crippen molar-refractivity contribution in [2.75, 3.05) is 0 Å². The first kappa shape index (κ1) is 13.8. The molecule has 1 heterocycles. The molecule has 5 heteroatoms. The molecule has 2 aromatic carbocycles. The van der Waals surface area contributed by atoms with Gasteiger partial charge in [-0.2, -0.15) is 0 Å². The largest absolute Gasteiger partial charge is 0.419 e. The summed E-state index contributed by atoms with van der Waals surface area (Å²) < 4.78 is 19.3. The zero-order valence-corrected chi connectivity index (χ0v) is 12.2. The first-order valence-electron chi connectivity index (χ1n) is 6.54. The van der Waals surface area contributed by atoms with Crippen LogP contribution in [0.4, 0.5) is 4.39 Å². The van der Waals surface area contributed by atoms with Crippen LogP contribution in [0.2, 0.25) is 0 Å². The Hall–Kier alpha value is -2.14. The lowest BCUT2D eigenvalue weighted by Crippen LogP contribution is -1.90. The van der Waals surface area contributed by atoms with Crippen LogP contribution in [0, 0.1) is 5.82 Å². The second-order valence-electron chi connectivity index (χ2n) is 4.50. The van der Waals surface area contributed by atoms with Crippen LogP contribution in [-0.2, 0) is 0 Å². The van der Waals surface area contributed by atoms with Gasteiger partial charge in [0, 0.05) is 10.5 Å². The summed E-state index contributed by atoms with van der Waals surface area (Å²) in [7, 11) is 0. The Bertz CT molecular complexity index is 730. The average molecular weight is 300 g/mol. The van der Waals surface area contributed by atoms with Crippen molar-refractivity contribution in [2.45, 2.75) is 17.1 Å². The minimum Gasteiger partial charge on any atom is -0.419 e. The smallest absolute Gasteiger partial charge is 0.247 e. The third kappa shape index (κ3) is 3.13. The molecule has 0 saturated heterocycles. The van der Waals surface area contributed by atoms with E-state index in [4.69, 9.17) is 4.42 Å². The standard InChI is InChI=1S/C16H13FN2OS/c1-11(21-14-10-6-5-9-13(14)17)15-18-19-16(20-15)12-7-3-2-4-8-12/h2-11H,1H3. The molecule has 0 bridgehead atoms. The van der Waals surface area contributed by atoms with E-state index in [2.05, 4.69) is 10.2 Å². The van der Waals surface area contributed by atoms with Gasteiger partial charge in [0.05, 0.1) is 5.25 Å². The molecular formula is C16H13FN2OS. The molecule has 0 fully saturated rings. The zero-order chi connectivity index (χ0) is 14.7. The quantitative estimate of drug-likeness (QED) is 0.653. The Morgan fingerprint density at radius 3 is 2.48 bits per heavy atom. The van der Waals surface area contributed by atoms with Gasteiger partial charge in [-0.05, 0) is 31.2 Å². The fraction of sp³-hybridized carbons (Fsp3) is 0.125. The van der Waals surface area contributed by atoms with E-state index in [0.717, 1.165) is 5.56 Å². The van der Waals surface area contributed by atoms with Crippen molar-refractivity contribution < 1.29 is 8.81 Å². The van der Waals surface area contributed by atoms with Crippen LogP contribution in [0.15, 0.2) is 63.9 Å². The molecule has 1 aromatic heterocycles. The van der Waals surface area contributed by atoms with Gasteiger partial charge in [-0.25, -0.2) is 4.39 Å². The number of hydrogen-bond acceptors (Lipinski definition) is 4. The Labute approximate surface area is 126 Å². The SMILES string of the molecule is CC(Sc1ccccc1F)c1nnc(-c2ccccc2)o1. The number of hydrogen-bond donors (Lipinski definition) is 0. The summed E-state index contributed by atoms with van der Waals surface area (Å²) in [5, 5.41) is 7.99. The van der Waals surface area contributed by atoms with Crippen LogP contribution < -0.4 is 0 Å². The van der Waals surface area contributed by atoms with Crippen molar-refractivity contribution in [3.8, 4) is 11.5 Å². The summed E-state index contributed by atoms with van der Waals surface area (Å²) in [6.07, 6.45) is 0. The molecule has 0 radical (unpaired) electrons. The minimum absolute atomic E-state index is 0.119. The topological polar surface area (TPSA) is 38.9 Å². The zero-order valence-electron chi connectivity index (χ0n) is 11.4. The van der Waals surface area contributed by atoms with Crippen molar-refractivity contribution in [3.05, 3.63) is 66.3 Å². The predicted molar refractivity (Wildman–Crippen MR) is 80.4 cm³/mol. The van der Waals surface area contributed by atoms with Crippen molar-refractivity contribution in [1.82, 2.24) is 10.2 Å². The third-order valence-electron chi connectivity index (χ3n) is 2.95. The van der Waals surface area contributed by atoms with Crippen LogP contribution >= 0.6 is 11.8 Å². The predicted octanol–water partition coefficient (Wildman–Crippen LogP) is 4.73. The molecule has 0 aliphatic carbocycles. The van der Waals surface area contributed by atoms with Crippen molar-refractivity contribution in [1.29, 1.82) is 0 Å². The van der Waals surface area contributed by atoms with Crippen LogP contribution in [-0.4, -0.2) is 10.2 Å². The fourth-order valence-electron chi connectivity index (χ4n) is 1.88. The van der Waals surface area contributed by atoms with E-state index in [1.165, 1.54) is 17.8 Å². The maximum Gasteiger partial charge on any atom is 0.247 e. The fourth-order valence-corrected chi connectivity index (χ4v) is 2.79. The van der Waals surface area contributed by atoms with E-state index < -0.39 is 0 Å². The second-order valence-corrected chi connectivity index (χ2v) is 5.88. The molecule has 0 spiro atoms. The molecule has 1 unspecified atom stereocenters. The Balaban J connectivity index is 1.79. The molecule has 3 rings (SSSR count). The van der Waals surface area contributed by atoms with E-state index in [1.54, 1.807) is 18.2 Å². The summed E-state index contributed by atoms with van der Waals surface area (Å²) in [5.74, 6) is 0.728. The van der Waals surface area contributed by atoms with Gasteiger partial charge >= 0.3 is 0 Å². The first-order chi connectivity index (χ1) is 10.2. The minimum atomic E-state index is -0.239. The molecule has 0 amide bonds. The molecule has 0 saturated carbocycles. The Morgan fingerprint density at radius 1 is 1.00 bits per heavy atom. The summed E-state index contributed by atoms with van der Waals surface area (Å²) in [5.41, 5.74) is 0.874. The molecule has 0 aliphatic heterocycles. The Morgan fingerprint density at radius 2 is 1.71 bits per heavy atom. The number of halogens is 1. The summed E-state index contributed by atoms with van der Waals surface area (Å²) in [6.45, 7) is 1.92. The molecule has 0 aliphatic rings. The maximum atomic E-state index is 13.6. The number of nitrogens with zero attached hydrogens (tertiary/aromatic N) is 2. The van der Waals surface area contributed by atoms with E-state index in [0.29, 0.717) is 16.7 Å². The van der Waals surface area contributed by atoms with Gasteiger partial charge in [-0.15, -0.1) is 22.0 Å². The maximum absolute atomic E-state index is 13.6. The van der Waals surface area contributed by atoms with Crippen molar-refractivity contribution in [2.24, 2.45) is 0 Å². The monoisotopic (exact) mass is 300 g/mol. The molecule has 1 atom stereocenters. The van der Waals surface area contributed by atoms with E-state index in [1.807, 2.05) is 37.3 Å². The molecular weight excluding hydrogens is 287 g/mol. The van der Waals surface area contributed by atoms with Crippen LogP contribution in [0.1, 0.15) is 18.1 Å².